The molecule has 2 aliphatic rings. The molecule has 0 spiro atoms. The van der Waals surface area contributed by atoms with E-state index in [-0.39, 0.29) is 11.9 Å². The van der Waals surface area contributed by atoms with Crippen LogP contribution in [0.2, 0.25) is 0 Å². The van der Waals surface area contributed by atoms with Crippen LogP contribution < -0.4 is 9.47 Å². The Balaban J connectivity index is 2.25. The smallest absolute Gasteiger partial charge is 0.315 e. The van der Waals surface area contributed by atoms with Crippen LogP contribution in [0.4, 0.5) is 0 Å². The molecule has 0 aromatic heterocycles. The molecule has 2 heterocycles. The molecule has 22 heavy (non-hydrogen) atoms. The van der Waals surface area contributed by atoms with Gasteiger partial charge in [-0.05, 0) is 90.4 Å². The summed E-state index contributed by atoms with van der Waals surface area (Å²) in [4.78, 5) is 23.5. The predicted molar refractivity (Wildman–Crippen MR) is 113 cm³/mol. The highest BCUT2D eigenvalue weighted by Gasteiger charge is 2.35. The van der Waals surface area contributed by atoms with E-state index < -0.39 is 0 Å². The van der Waals surface area contributed by atoms with Gasteiger partial charge in [0.2, 0.25) is 0 Å². The van der Waals surface area contributed by atoms with Crippen LogP contribution in [-0.4, -0.2) is 11.9 Å². The minimum atomic E-state index is -0.237. The van der Waals surface area contributed by atoms with Crippen molar-refractivity contribution >= 4 is 113 Å². The van der Waals surface area contributed by atoms with Crippen molar-refractivity contribution in [2.75, 3.05) is 0 Å². The summed E-state index contributed by atoms with van der Waals surface area (Å²) in [5.74, 6) is 0.773. The monoisotopic (exact) mass is 744 g/mol. The zero-order valence-electron chi connectivity index (χ0n) is 10.6. The number of ether oxygens (including phenoxy) is 2. The van der Waals surface area contributed by atoms with Crippen molar-refractivity contribution in [2.45, 2.75) is 12.8 Å². The lowest BCUT2D eigenvalue weighted by Crippen LogP contribution is -2.01. The molecule has 0 aliphatic carbocycles. The number of carbonyl (C=O) groups excluding carboxylic acids is 2. The van der Waals surface area contributed by atoms with Crippen LogP contribution >= 0.6 is 90.4 Å². The van der Waals surface area contributed by atoms with Crippen LogP contribution in [0.3, 0.4) is 0 Å². The van der Waals surface area contributed by atoms with Gasteiger partial charge in [0.05, 0.1) is 12.8 Å². The molecule has 0 amide bonds. The summed E-state index contributed by atoms with van der Waals surface area (Å²) in [6.07, 6.45) is 0.589. The zero-order chi connectivity index (χ0) is 15.8. The van der Waals surface area contributed by atoms with E-state index in [2.05, 4.69) is 90.4 Å². The second-order valence-corrected chi connectivity index (χ2v) is 9.24. The van der Waals surface area contributed by atoms with Crippen molar-refractivity contribution in [2.24, 2.45) is 0 Å². The van der Waals surface area contributed by atoms with Gasteiger partial charge in [-0.3, -0.25) is 9.59 Å². The van der Waals surface area contributed by atoms with Crippen molar-refractivity contribution in [3.8, 4) is 11.5 Å². The molecule has 0 unspecified atom stereocenters. The number of hydrogen-bond donors (Lipinski definition) is 0. The summed E-state index contributed by atoms with van der Waals surface area (Å²) < 4.78 is 15.0. The van der Waals surface area contributed by atoms with Crippen LogP contribution in [0, 0.1) is 14.3 Å². The first-order valence-corrected chi connectivity index (χ1v) is 10.5. The molecule has 4 nitrogen and oxygen atoms in total. The molecular weight excluding hydrogens is 740 g/mol. The van der Waals surface area contributed by atoms with Gasteiger partial charge in [-0.1, -0.05) is 0 Å². The van der Waals surface area contributed by atoms with E-state index in [4.69, 9.17) is 9.47 Å². The SMILES string of the molecule is O=C1Cc2c(I)c(I)c3c4c(c(I)c(I)c3c2O1)CC(=O)O4. The summed E-state index contributed by atoms with van der Waals surface area (Å²) in [7, 11) is 0. The normalized spacial score (nSPS) is 15.8. The Morgan fingerprint density at radius 2 is 1.00 bits per heavy atom. The molecule has 0 atom stereocenters. The Morgan fingerprint density at radius 1 is 0.636 bits per heavy atom. The summed E-state index contributed by atoms with van der Waals surface area (Å²) in [6.45, 7) is 0. The van der Waals surface area contributed by atoms with Crippen LogP contribution in [0.15, 0.2) is 0 Å². The number of hydrogen-bond acceptors (Lipinski definition) is 4. The van der Waals surface area contributed by atoms with Crippen molar-refractivity contribution in [1.82, 2.24) is 0 Å². The molecule has 4 rings (SSSR count). The fourth-order valence-corrected chi connectivity index (χ4v) is 5.85. The minimum absolute atomic E-state index is 0.237. The Bertz CT molecular complexity index is 844. The second kappa shape index (κ2) is 5.54. The van der Waals surface area contributed by atoms with Gasteiger partial charge >= 0.3 is 11.9 Å². The van der Waals surface area contributed by atoms with Gasteiger partial charge in [-0.25, -0.2) is 0 Å². The fourth-order valence-electron chi connectivity index (χ4n) is 2.76. The molecule has 2 aromatic carbocycles. The van der Waals surface area contributed by atoms with Gasteiger partial charge in [0.15, 0.2) is 0 Å². The fraction of sp³-hybridized carbons (Fsp3) is 0.143. The molecule has 112 valence electrons. The maximum atomic E-state index is 11.8. The lowest BCUT2D eigenvalue weighted by Gasteiger charge is -2.15. The van der Waals surface area contributed by atoms with Gasteiger partial charge in [0.25, 0.3) is 0 Å². The van der Waals surface area contributed by atoms with E-state index in [1.54, 1.807) is 0 Å². The highest BCUT2D eigenvalue weighted by Crippen LogP contribution is 2.50. The number of carbonyl (C=O) groups is 2. The third-order valence-corrected chi connectivity index (χ3v) is 10.3. The first kappa shape index (κ1) is 16.1. The van der Waals surface area contributed by atoms with Crippen LogP contribution in [-0.2, 0) is 22.4 Å². The molecule has 0 bridgehead atoms. The van der Waals surface area contributed by atoms with E-state index in [0.717, 1.165) is 36.2 Å². The first-order valence-electron chi connectivity index (χ1n) is 6.14. The van der Waals surface area contributed by atoms with Crippen molar-refractivity contribution in [3.63, 3.8) is 0 Å². The molecule has 0 N–H and O–H groups in total. The van der Waals surface area contributed by atoms with Crippen molar-refractivity contribution in [1.29, 1.82) is 0 Å². The van der Waals surface area contributed by atoms with Crippen LogP contribution in [0.1, 0.15) is 11.1 Å². The molecule has 0 fully saturated rings. The lowest BCUT2D eigenvalue weighted by molar-refractivity contribution is -0.132. The van der Waals surface area contributed by atoms with Gasteiger partial charge in [0, 0.05) is 36.2 Å². The number of fused-ring (bicyclic) bond motifs is 5. The van der Waals surface area contributed by atoms with Gasteiger partial charge in [-0.15, -0.1) is 0 Å². The highest BCUT2D eigenvalue weighted by molar-refractivity contribution is 14.1. The van der Waals surface area contributed by atoms with Gasteiger partial charge in [0.1, 0.15) is 11.5 Å². The third-order valence-electron chi connectivity index (χ3n) is 3.68. The summed E-state index contributed by atoms with van der Waals surface area (Å²) in [5, 5.41) is 1.76. The van der Waals surface area contributed by atoms with Crippen molar-refractivity contribution in [3.05, 3.63) is 25.4 Å². The predicted octanol–water partition coefficient (Wildman–Crippen LogP) is 4.18. The maximum Gasteiger partial charge on any atom is 0.315 e. The van der Waals surface area contributed by atoms with E-state index >= 15 is 0 Å². The van der Waals surface area contributed by atoms with E-state index in [1.165, 1.54) is 0 Å². The first-order chi connectivity index (χ1) is 10.4. The van der Waals surface area contributed by atoms with Crippen LogP contribution in [0.5, 0.6) is 11.5 Å². The molecule has 8 heteroatoms. The molecule has 2 aromatic rings. The average molecular weight is 744 g/mol. The average Bonchev–Trinajstić information content (AvgIpc) is 3.03. The maximum absolute atomic E-state index is 11.8. The largest absolute Gasteiger partial charge is 0.425 e. The lowest BCUT2D eigenvalue weighted by atomic mass is 10.0. The number of benzene rings is 2. The van der Waals surface area contributed by atoms with Crippen LogP contribution in [0.25, 0.3) is 10.8 Å². The van der Waals surface area contributed by atoms with E-state index in [9.17, 15) is 9.59 Å². The molecule has 0 saturated carbocycles. The molecule has 0 radical (unpaired) electrons. The van der Waals surface area contributed by atoms with Gasteiger partial charge in [-0.2, -0.15) is 0 Å². The van der Waals surface area contributed by atoms with E-state index in [0.29, 0.717) is 24.3 Å². The Morgan fingerprint density at radius 3 is 1.36 bits per heavy atom. The Hall–Kier alpha value is 0.560. The quantitative estimate of drug-likeness (QED) is 0.231. The number of esters is 2. The van der Waals surface area contributed by atoms with Gasteiger partial charge < -0.3 is 9.47 Å². The minimum Gasteiger partial charge on any atom is -0.425 e. The second-order valence-electron chi connectivity index (χ2n) is 4.92. The summed E-state index contributed by atoms with van der Waals surface area (Å²) in [6, 6.07) is 0. The topological polar surface area (TPSA) is 52.6 Å². The summed E-state index contributed by atoms with van der Waals surface area (Å²) in [5.41, 5.74) is 1.86. The Labute approximate surface area is 179 Å². The standard InChI is InChI=1S/C14H4I4O4/c15-9-3-1-5(19)21-13(3)7-8(11(9)17)14-4(2-6(20)22-14)10(16)12(7)18/h1-2H2. The molecule has 0 saturated heterocycles. The molecule has 2 aliphatic heterocycles. The zero-order valence-corrected chi connectivity index (χ0v) is 19.2. The van der Waals surface area contributed by atoms with E-state index in [1.807, 2.05) is 0 Å². The number of rotatable bonds is 0. The summed E-state index contributed by atoms with van der Waals surface area (Å²) >= 11 is 8.99. The molecular formula is C14H4I4O4. The third kappa shape index (κ3) is 2.14. The highest BCUT2D eigenvalue weighted by atomic mass is 127. The Kier molecular flexibility index (Phi) is 4.04. The van der Waals surface area contributed by atoms with Crippen molar-refractivity contribution < 1.29 is 19.1 Å². The number of halogens is 4.